The Morgan fingerprint density at radius 1 is 1.22 bits per heavy atom. The van der Waals surface area contributed by atoms with Crippen molar-refractivity contribution in [2.45, 2.75) is 46.1 Å². The van der Waals surface area contributed by atoms with Crippen molar-refractivity contribution in [3.8, 4) is 6.07 Å². The van der Waals surface area contributed by atoms with E-state index in [0.717, 1.165) is 25.8 Å². The molecule has 0 amide bonds. The van der Waals surface area contributed by atoms with Crippen LogP contribution in [-0.2, 0) is 0 Å². The lowest BCUT2D eigenvalue weighted by Gasteiger charge is -2.16. The molecule has 0 radical (unpaired) electrons. The summed E-state index contributed by atoms with van der Waals surface area (Å²) in [5, 5.41) is 12.4. The monoisotopic (exact) mass is 244 g/mol. The Morgan fingerprint density at radius 3 is 2.50 bits per heavy atom. The zero-order valence-corrected chi connectivity index (χ0v) is 11.7. The van der Waals surface area contributed by atoms with Gasteiger partial charge in [0.25, 0.3) is 0 Å². The van der Waals surface area contributed by atoms with E-state index >= 15 is 0 Å². The van der Waals surface area contributed by atoms with E-state index < -0.39 is 0 Å². The maximum atomic E-state index is 8.92. The van der Waals surface area contributed by atoms with E-state index in [2.05, 4.69) is 42.6 Å². The van der Waals surface area contributed by atoms with Gasteiger partial charge in [-0.15, -0.1) is 0 Å². The molecule has 0 heterocycles. The highest BCUT2D eigenvalue weighted by Crippen LogP contribution is 2.21. The first kappa shape index (κ1) is 14.7. The lowest BCUT2D eigenvalue weighted by molar-refractivity contribution is 0.418. The summed E-state index contributed by atoms with van der Waals surface area (Å²) in [7, 11) is 0. The normalized spacial score (nSPS) is 13.0. The minimum atomic E-state index is -0.176. The molecule has 0 saturated carbocycles. The van der Waals surface area contributed by atoms with Crippen molar-refractivity contribution < 1.29 is 0 Å². The summed E-state index contributed by atoms with van der Waals surface area (Å²) in [5.41, 5.74) is 1.15. The molecule has 0 aromatic heterocycles. The van der Waals surface area contributed by atoms with E-state index in [9.17, 15) is 0 Å². The SMILES string of the molecule is C[C@H](NCCCCC(C)(C)C#N)c1ccccc1. The second-order valence-corrected chi connectivity index (χ2v) is 5.54. The third-order valence-corrected chi connectivity index (χ3v) is 3.28. The van der Waals surface area contributed by atoms with E-state index in [1.165, 1.54) is 5.56 Å². The quantitative estimate of drug-likeness (QED) is 0.734. The number of unbranched alkanes of at least 4 members (excludes halogenated alkanes) is 1. The first-order valence-corrected chi connectivity index (χ1v) is 6.75. The molecule has 0 spiro atoms. The molecule has 2 nitrogen and oxygen atoms in total. The standard InChI is InChI=1S/C16H24N2/c1-14(15-9-5-4-6-10-15)18-12-8-7-11-16(2,3)13-17/h4-6,9-10,14,18H,7-8,11-12H2,1-3H3/t14-/m0/s1. The average Bonchev–Trinajstić information content (AvgIpc) is 2.39. The summed E-state index contributed by atoms with van der Waals surface area (Å²) in [4.78, 5) is 0. The van der Waals surface area contributed by atoms with Crippen LogP contribution in [-0.4, -0.2) is 6.54 Å². The molecule has 98 valence electrons. The predicted molar refractivity (Wildman–Crippen MR) is 76.1 cm³/mol. The van der Waals surface area contributed by atoms with Crippen molar-refractivity contribution >= 4 is 0 Å². The molecule has 0 unspecified atom stereocenters. The number of nitrogens with one attached hydrogen (secondary N) is 1. The summed E-state index contributed by atoms with van der Waals surface area (Å²) in [6.45, 7) is 7.21. The van der Waals surface area contributed by atoms with Gasteiger partial charge in [0.2, 0.25) is 0 Å². The summed E-state index contributed by atoms with van der Waals surface area (Å²) >= 11 is 0. The minimum Gasteiger partial charge on any atom is -0.310 e. The third kappa shape index (κ3) is 5.33. The molecule has 18 heavy (non-hydrogen) atoms. The Bertz CT molecular complexity index is 376. The number of nitriles is 1. The minimum absolute atomic E-state index is 0.176. The smallest absolute Gasteiger partial charge is 0.0683 e. The molecule has 1 rings (SSSR count). The number of hydrogen-bond donors (Lipinski definition) is 1. The molecule has 0 bridgehead atoms. The molecular weight excluding hydrogens is 220 g/mol. The van der Waals surface area contributed by atoms with Crippen LogP contribution in [0.5, 0.6) is 0 Å². The first-order chi connectivity index (χ1) is 8.55. The summed E-state index contributed by atoms with van der Waals surface area (Å²) in [6, 6.07) is 13.2. The van der Waals surface area contributed by atoms with Gasteiger partial charge < -0.3 is 5.32 Å². The van der Waals surface area contributed by atoms with Gasteiger partial charge in [0.1, 0.15) is 0 Å². The number of benzene rings is 1. The molecule has 0 aliphatic heterocycles. The predicted octanol–water partition coefficient (Wildman–Crippen LogP) is 4.06. The Kier molecular flexibility index (Phi) is 5.88. The van der Waals surface area contributed by atoms with Gasteiger partial charge in [-0.2, -0.15) is 5.26 Å². The van der Waals surface area contributed by atoms with Crippen LogP contribution in [0.2, 0.25) is 0 Å². The summed E-state index contributed by atoms with van der Waals surface area (Å²) in [6.07, 6.45) is 3.21. The summed E-state index contributed by atoms with van der Waals surface area (Å²) in [5.74, 6) is 0. The van der Waals surface area contributed by atoms with Crippen molar-refractivity contribution in [3.05, 3.63) is 35.9 Å². The number of rotatable bonds is 7. The molecule has 1 aromatic rings. The van der Waals surface area contributed by atoms with Gasteiger partial charge in [-0.1, -0.05) is 36.8 Å². The number of nitrogens with zero attached hydrogens (tertiary/aromatic N) is 1. The highest BCUT2D eigenvalue weighted by atomic mass is 14.9. The number of hydrogen-bond acceptors (Lipinski definition) is 2. The molecule has 1 atom stereocenters. The van der Waals surface area contributed by atoms with Gasteiger partial charge in [-0.25, -0.2) is 0 Å². The van der Waals surface area contributed by atoms with E-state index in [-0.39, 0.29) is 5.41 Å². The largest absolute Gasteiger partial charge is 0.310 e. The fraction of sp³-hybridized carbons (Fsp3) is 0.562. The van der Waals surface area contributed by atoms with Gasteiger partial charge in [-0.3, -0.25) is 0 Å². The van der Waals surface area contributed by atoms with Crippen LogP contribution < -0.4 is 5.32 Å². The molecule has 0 fully saturated rings. The fourth-order valence-electron chi connectivity index (χ4n) is 1.93. The van der Waals surface area contributed by atoms with Gasteiger partial charge in [0, 0.05) is 6.04 Å². The van der Waals surface area contributed by atoms with Crippen LogP contribution in [0.4, 0.5) is 0 Å². The lowest BCUT2D eigenvalue weighted by atomic mass is 9.89. The van der Waals surface area contributed by atoms with E-state index in [0.29, 0.717) is 6.04 Å². The molecule has 0 saturated heterocycles. The van der Waals surface area contributed by atoms with Gasteiger partial charge in [0.15, 0.2) is 0 Å². The van der Waals surface area contributed by atoms with Crippen molar-refractivity contribution in [2.24, 2.45) is 5.41 Å². The second kappa shape index (κ2) is 7.18. The Labute approximate surface area is 111 Å². The van der Waals surface area contributed by atoms with Crippen molar-refractivity contribution in [1.82, 2.24) is 5.32 Å². The molecular formula is C16H24N2. The summed E-state index contributed by atoms with van der Waals surface area (Å²) < 4.78 is 0. The maximum absolute atomic E-state index is 8.92. The highest BCUT2D eigenvalue weighted by molar-refractivity contribution is 5.17. The van der Waals surface area contributed by atoms with Gasteiger partial charge in [-0.05, 0) is 45.7 Å². The van der Waals surface area contributed by atoms with Crippen molar-refractivity contribution in [3.63, 3.8) is 0 Å². The Hall–Kier alpha value is -1.33. The van der Waals surface area contributed by atoms with Crippen LogP contribution in [0.1, 0.15) is 51.6 Å². The highest BCUT2D eigenvalue weighted by Gasteiger charge is 2.15. The van der Waals surface area contributed by atoms with Crippen LogP contribution >= 0.6 is 0 Å². The van der Waals surface area contributed by atoms with Gasteiger partial charge in [0.05, 0.1) is 11.5 Å². The average molecular weight is 244 g/mol. The van der Waals surface area contributed by atoms with Crippen molar-refractivity contribution in [1.29, 1.82) is 5.26 Å². The maximum Gasteiger partial charge on any atom is 0.0683 e. The Balaban J connectivity index is 2.18. The third-order valence-electron chi connectivity index (χ3n) is 3.28. The van der Waals surface area contributed by atoms with Crippen molar-refractivity contribution in [2.75, 3.05) is 6.54 Å². The first-order valence-electron chi connectivity index (χ1n) is 6.75. The van der Waals surface area contributed by atoms with E-state index in [1.807, 2.05) is 19.9 Å². The molecule has 1 aromatic carbocycles. The molecule has 0 aliphatic carbocycles. The van der Waals surface area contributed by atoms with E-state index in [1.54, 1.807) is 0 Å². The van der Waals surface area contributed by atoms with E-state index in [4.69, 9.17) is 5.26 Å². The zero-order chi connectivity index (χ0) is 13.4. The van der Waals surface area contributed by atoms with Crippen LogP contribution in [0.15, 0.2) is 30.3 Å². The zero-order valence-electron chi connectivity index (χ0n) is 11.7. The molecule has 0 aliphatic rings. The van der Waals surface area contributed by atoms with Gasteiger partial charge >= 0.3 is 0 Å². The fourth-order valence-corrected chi connectivity index (χ4v) is 1.93. The molecule has 1 N–H and O–H groups in total. The molecule has 2 heteroatoms. The van der Waals surface area contributed by atoms with Crippen LogP contribution in [0, 0.1) is 16.7 Å². The van der Waals surface area contributed by atoms with Crippen LogP contribution in [0.3, 0.4) is 0 Å². The second-order valence-electron chi connectivity index (χ2n) is 5.54. The van der Waals surface area contributed by atoms with Crippen LogP contribution in [0.25, 0.3) is 0 Å². The Morgan fingerprint density at radius 2 is 1.89 bits per heavy atom. The topological polar surface area (TPSA) is 35.8 Å². The lowest BCUT2D eigenvalue weighted by Crippen LogP contribution is -2.20.